The lowest BCUT2D eigenvalue weighted by Crippen LogP contribution is -2.34. The lowest BCUT2D eigenvalue weighted by molar-refractivity contribution is -0.115. The Morgan fingerprint density at radius 2 is 1.81 bits per heavy atom. The first-order valence-electron chi connectivity index (χ1n) is 10.6. The Labute approximate surface area is 184 Å². The largest absolute Gasteiger partial charge is 0.439 e. The third-order valence-electron chi connectivity index (χ3n) is 4.29. The number of amides is 2. The van der Waals surface area contributed by atoms with Gasteiger partial charge in [0.2, 0.25) is 5.91 Å². The van der Waals surface area contributed by atoms with Crippen LogP contribution in [0, 0.1) is 11.8 Å². The van der Waals surface area contributed by atoms with Gasteiger partial charge in [0.25, 0.3) is 0 Å². The number of nitrogens with zero attached hydrogens (tertiary/aromatic N) is 1. The van der Waals surface area contributed by atoms with E-state index >= 15 is 0 Å². The van der Waals surface area contributed by atoms with Crippen LogP contribution in [-0.4, -0.2) is 30.2 Å². The highest BCUT2D eigenvalue weighted by molar-refractivity contribution is 5.92. The monoisotopic (exact) mass is 422 g/mol. The van der Waals surface area contributed by atoms with Crippen molar-refractivity contribution in [1.29, 1.82) is 0 Å². The van der Waals surface area contributed by atoms with E-state index in [1.807, 2.05) is 37.3 Å². The van der Waals surface area contributed by atoms with Gasteiger partial charge >= 0.3 is 6.09 Å². The topological polar surface area (TPSA) is 67.9 Å². The van der Waals surface area contributed by atoms with Gasteiger partial charge in [0.05, 0.1) is 13.0 Å². The highest BCUT2D eigenvalue weighted by Crippen LogP contribution is 2.19. The van der Waals surface area contributed by atoms with Gasteiger partial charge in [0, 0.05) is 18.2 Å². The standard InChI is InChI=1S/C25H30N2O4/c1-3-5-10-17-27(30-18-11-6-4-2)25(29)31-23-16-12-15-22(20-23)26-24(28)19-21-13-8-7-9-14-21/h7-9,12-16,20H,3-5,10,17-19H2,1-2H3,(H,26,28). The number of hydroxylamine groups is 2. The summed E-state index contributed by atoms with van der Waals surface area (Å²) in [5, 5.41) is 4.04. The molecule has 0 aliphatic rings. The Bertz CT molecular complexity index is 887. The van der Waals surface area contributed by atoms with Crippen molar-refractivity contribution < 1.29 is 19.2 Å². The summed E-state index contributed by atoms with van der Waals surface area (Å²) >= 11 is 0. The van der Waals surface area contributed by atoms with E-state index in [0.717, 1.165) is 31.2 Å². The van der Waals surface area contributed by atoms with E-state index in [-0.39, 0.29) is 18.9 Å². The van der Waals surface area contributed by atoms with Crippen LogP contribution in [0.15, 0.2) is 54.6 Å². The second-order valence-electron chi connectivity index (χ2n) is 6.90. The van der Waals surface area contributed by atoms with Crippen molar-refractivity contribution in [3.63, 3.8) is 0 Å². The molecule has 0 fully saturated rings. The fourth-order valence-corrected chi connectivity index (χ4v) is 2.78. The number of unbranched alkanes of at least 4 members (excludes halogenated alkanes) is 2. The van der Waals surface area contributed by atoms with Crippen molar-refractivity contribution in [1.82, 2.24) is 5.06 Å². The normalized spacial score (nSPS) is 10.0. The molecule has 2 amide bonds. The molecule has 2 rings (SSSR count). The number of carbonyl (C=O) groups excluding carboxylic acids is 2. The van der Waals surface area contributed by atoms with E-state index in [1.165, 1.54) is 5.06 Å². The van der Waals surface area contributed by atoms with Crippen molar-refractivity contribution in [2.24, 2.45) is 0 Å². The van der Waals surface area contributed by atoms with E-state index in [1.54, 1.807) is 24.3 Å². The van der Waals surface area contributed by atoms with Gasteiger partial charge in [-0.05, 0) is 24.1 Å². The van der Waals surface area contributed by atoms with Crippen LogP contribution in [0.25, 0.3) is 0 Å². The lowest BCUT2D eigenvalue weighted by Gasteiger charge is -2.20. The molecule has 0 atom stereocenters. The zero-order valence-electron chi connectivity index (χ0n) is 18.2. The van der Waals surface area contributed by atoms with E-state index in [4.69, 9.17) is 9.57 Å². The minimum atomic E-state index is -0.609. The summed E-state index contributed by atoms with van der Waals surface area (Å²) in [5.74, 6) is 5.95. The first-order valence-corrected chi connectivity index (χ1v) is 10.6. The smallest absolute Gasteiger partial charge is 0.409 e. The number of hydrogen-bond acceptors (Lipinski definition) is 4. The maximum absolute atomic E-state index is 12.6. The van der Waals surface area contributed by atoms with Gasteiger partial charge in [0.15, 0.2) is 0 Å². The maximum atomic E-state index is 12.6. The van der Waals surface area contributed by atoms with E-state index in [2.05, 4.69) is 24.1 Å². The van der Waals surface area contributed by atoms with Gasteiger partial charge in [-0.2, -0.15) is 5.06 Å². The number of ether oxygens (including phenoxy) is 1. The fourth-order valence-electron chi connectivity index (χ4n) is 2.78. The van der Waals surface area contributed by atoms with Crippen LogP contribution < -0.4 is 10.1 Å². The van der Waals surface area contributed by atoms with Crippen LogP contribution in [0.2, 0.25) is 0 Å². The highest BCUT2D eigenvalue weighted by atomic mass is 16.7. The van der Waals surface area contributed by atoms with Crippen LogP contribution in [0.1, 0.15) is 45.1 Å². The second-order valence-corrected chi connectivity index (χ2v) is 6.90. The number of rotatable bonds is 10. The van der Waals surface area contributed by atoms with Gasteiger partial charge in [-0.25, -0.2) is 4.79 Å². The third-order valence-corrected chi connectivity index (χ3v) is 4.29. The number of nitrogens with one attached hydrogen (secondary N) is 1. The van der Waals surface area contributed by atoms with Gasteiger partial charge in [-0.15, -0.1) is 5.92 Å². The molecule has 0 aliphatic carbocycles. The van der Waals surface area contributed by atoms with Gasteiger partial charge in [-0.1, -0.05) is 69.0 Å². The molecular formula is C25H30N2O4. The molecular weight excluding hydrogens is 392 g/mol. The summed E-state index contributed by atoms with van der Waals surface area (Å²) in [6.45, 7) is 4.60. The van der Waals surface area contributed by atoms with Gasteiger partial charge < -0.3 is 10.1 Å². The Balaban J connectivity index is 1.95. The Hall–Kier alpha value is -3.30. The van der Waals surface area contributed by atoms with Crippen molar-refractivity contribution in [2.75, 3.05) is 18.5 Å². The molecule has 0 saturated carbocycles. The van der Waals surface area contributed by atoms with Crippen LogP contribution >= 0.6 is 0 Å². The van der Waals surface area contributed by atoms with Crippen molar-refractivity contribution in [2.45, 2.75) is 46.0 Å². The van der Waals surface area contributed by atoms with Crippen LogP contribution in [-0.2, 0) is 16.1 Å². The summed E-state index contributed by atoms with van der Waals surface area (Å²) in [6.07, 6.45) is 3.21. The molecule has 31 heavy (non-hydrogen) atoms. The minimum absolute atomic E-state index is 0.130. The molecule has 6 nitrogen and oxygen atoms in total. The summed E-state index contributed by atoms with van der Waals surface area (Å²) in [7, 11) is 0. The molecule has 0 saturated heterocycles. The van der Waals surface area contributed by atoms with Gasteiger partial charge in [0.1, 0.15) is 12.4 Å². The molecule has 6 heteroatoms. The van der Waals surface area contributed by atoms with E-state index in [9.17, 15) is 9.59 Å². The number of anilines is 1. The van der Waals surface area contributed by atoms with Crippen LogP contribution in [0.5, 0.6) is 5.75 Å². The Morgan fingerprint density at radius 1 is 1.00 bits per heavy atom. The summed E-state index contributed by atoms with van der Waals surface area (Å²) in [4.78, 5) is 30.4. The first kappa shape index (κ1) is 24.0. The van der Waals surface area contributed by atoms with Crippen molar-refractivity contribution in [3.8, 4) is 17.6 Å². The Morgan fingerprint density at radius 3 is 2.55 bits per heavy atom. The molecule has 0 bridgehead atoms. The molecule has 0 unspecified atom stereocenters. The number of hydrogen-bond donors (Lipinski definition) is 1. The van der Waals surface area contributed by atoms with Crippen molar-refractivity contribution >= 4 is 17.7 Å². The molecule has 2 aromatic rings. The SMILES string of the molecule is CCC#CCON(CCCCC)C(=O)Oc1cccc(NC(=O)Cc2ccccc2)c1. The summed E-state index contributed by atoms with van der Waals surface area (Å²) in [6, 6.07) is 16.2. The fraction of sp³-hybridized carbons (Fsp3) is 0.360. The van der Waals surface area contributed by atoms with E-state index in [0.29, 0.717) is 18.0 Å². The summed E-state index contributed by atoms with van der Waals surface area (Å²) < 4.78 is 5.47. The van der Waals surface area contributed by atoms with Crippen LogP contribution in [0.3, 0.4) is 0 Å². The van der Waals surface area contributed by atoms with Gasteiger partial charge in [-0.3, -0.25) is 9.63 Å². The van der Waals surface area contributed by atoms with Crippen molar-refractivity contribution in [3.05, 3.63) is 60.2 Å². The Kier molecular flexibility index (Phi) is 10.7. The maximum Gasteiger partial charge on any atom is 0.439 e. The molecule has 0 aromatic heterocycles. The molecule has 0 aliphatic heterocycles. The summed E-state index contributed by atoms with van der Waals surface area (Å²) in [5.41, 5.74) is 1.48. The molecule has 0 spiro atoms. The average molecular weight is 423 g/mol. The predicted molar refractivity (Wildman–Crippen MR) is 121 cm³/mol. The predicted octanol–water partition coefficient (Wildman–Crippen LogP) is 5.20. The lowest BCUT2D eigenvalue weighted by atomic mass is 10.1. The third kappa shape index (κ3) is 9.37. The number of carbonyl (C=O) groups is 2. The van der Waals surface area contributed by atoms with E-state index < -0.39 is 6.09 Å². The van der Waals surface area contributed by atoms with Crippen LogP contribution in [0.4, 0.5) is 10.5 Å². The molecule has 2 aromatic carbocycles. The zero-order chi connectivity index (χ0) is 22.3. The molecule has 0 radical (unpaired) electrons. The average Bonchev–Trinajstić information content (AvgIpc) is 2.76. The minimum Gasteiger partial charge on any atom is -0.409 e. The molecule has 164 valence electrons. The second kappa shape index (κ2) is 13.8. The molecule has 1 N–H and O–H groups in total. The number of benzene rings is 2. The molecule has 0 heterocycles. The quantitative estimate of drug-likeness (QED) is 0.324. The first-order chi connectivity index (χ1) is 15.1. The zero-order valence-corrected chi connectivity index (χ0v) is 18.2. The highest BCUT2D eigenvalue weighted by Gasteiger charge is 2.17.